The first-order valence-electron chi connectivity index (χ1n) is 10.9. The van der Waals surface area contributed by atoms with Crippen LogP contribution in [0.2, 0.25) is 10.0 Å². The van der Waals surface area contributed by atoms with E-state index in [2.05, 4.69) is 33.2 Å². The van der Waals surface area contributed by atoms with Gasteiger partial charge in [-0.25, -0.2) is 0 Å². The molecule has 2 fully saturated rings. The fourth-order valence-electron chi connectivity index (χ4n) is 5.04. The van der Waals surface area contributed by atoms with Crippen LogP contribution in [0.5, 0.6) is 11.5 Å². The highest BCUT2D eigenvalue weighted by atomic mass is 79.9. The van der Waals surface area contributed by atoms with Crippen molar-refractivity contribution >= 4 is 57.2 Å². The van der Waals surface area contributed by atoms with Crippen molar-refractivity contribution in [1.29, 1.82) is 0 Å². The van der Waals surface area contributed by atoms with Crippen LogP contribution >= 0.6 is 39.1 Å². The van der Waals surface area contributed by atoms with Crippen molar-refractivity contribution in [3.63, 3.8) is 0 Å². The molecular formula is C25H21BrCl2N2O4. The summed E-state index contributed by atoms with van der Waals surface area (Å²) in [6, 6.07) is 8.72. The predicted molar refractivity (Wildman–Crippen MR) is 133 cm³/mol. The van der Waals surface area contributed by atoms with Gasteiger partial charge in [0.25, 0.3) is 11.8 Å². The maximum absolute atomic E-state index is 13.0. The van der Waals surface area contributed by atoms with Gasteiger partial charge in [0, 0.05) is 15.6 Å². The lowest BCUT2D eigenvalue weighted by Crippen LogP contribution is -2.38. The molecule has 2 amide bonds. The molecule has 6 nitrogen and oxygen atoms in total. The zero-order valence-electron chi connectivity index (χ0n) is 18.2. The van der Waals surface area contributed by atoms with E-state index >= 15 is 0 Å². The van der Waals surface area contributed by atoms with Crippen molar-refractivity contribution < 1.29 is 19.1 Å². The molecule has 0 aromatic heterocycles. The summed E-state index contributed by atoms with van der Waals surface area (Å²) in [5, 5.41) is 6.37. The van der Waals surface area contributed by atoms with Gasteiger partial charge in [-0.15, -0.1) is 0 Å². The average molecular weight is 564 g/mol. The molecule has 1 saturated heterocycles. The topological polar surface area (TPSA) is 68.2 Å². The Bertz CT molecular complexity index is 1200. The number of hydrazone groups is 1. The Kier molecular flexibility index (Phi) is 6.44. The quantitative estimate of drug-likeness (QED) is 0.250. The molecule has 1 aliphatic heterocycles. The number of halogens is 3. The normalized spacial score (nSPS) is 25.4. The maximum atomic E-state index is 13.0. The molecule has 1 saturated carbocycles. The van der Waals surface area contributed by atoms with E-state index in [0.717, 1.165) is 23.4 Å². The van der Waals surface area contributed by atoms with Gasteiger partial charge in [-0.2, -0.15) is 10.1 Å². The number of hydrogen-bond donors (Lipinski definition) is 0. The standard InChI is InChI=1S/C25H21BrCl2N2O4/c1-33-20-9-13(8-18(26)23(20)34-12-16-6-7-17(27)10-19(16)28)11-29-30-24(31)21-14-2-3-15(5-4-14)22(21)25(30)32/h2-3,6-11,14-15,21-22H,4-5,12H2,1H3/b29-11-/t14-,15-,21-,22+/m0/s1. The fraction of sp³-hybridized carbons (Fsp3) is 0.320. The number of ether oxygens (including phenoxy) is 2. The Morgan fingerprint density at radius 2 is 1.76 bits per heavy atom. The summed E-state index contributed by atoms with van der Waals surface area (Å²) in [5.41, 5.74) is 1.43. The van der Waals surface area contributed by atoms with Gasteiger partial charge >= 0.3 is 0 Å². The number of methoxy groups -OCH3 is 1. The molecule has 2 aromatic rings. The monoisotopic (exact) mass is 562 g/mol. The summed E-state index contributed by atoms with van der Waals surface area (Å²) in [6.45, 7) is 0.217. The zero-order valence-corrected chi connectivity index (χ0v) is 21.3. The highest BCUT2D eigenvalue weighted by Crippen LogP contribution is 2.49. The minimum atomic E-state index is -0.287. The molecule has 9 heteroatoms. The van der Waals surface area contributed by atoms with Crippen LogP contribution in [0.15, 0.2) is 52.1 Å². The molecule has 6 rings (SSSR count). The smallest absolute Gasteiger partial charge is 0.254 e. The molecule has 0 spiro atoms. The van der Waals surface area contributed by atoms with Crippen LogP contribution in [0, 0.1) is 23.7 Å². The van der Waals surface area contributed by atoms with Crippen LogP contribution in [0.25, 0.3) is 0 Å². The fourth-order valence-corrected chi connectivity index (χ4v) is 6.08. The van der Waals surface area contributed by atoms with Crippen molar-refractivity contribution in [3.8, 4) is 11.5 Å². The van der Waals surface area contributed by atoms with E-state index in [1.807, 2.05) is 0 Å². The molecule has 0 N–H and O–H groups in total. The van der Waals surface area contributed by atoms with Crippen LogP contribution in [-0.2, 0) is 16.2 Å². The maximum Gasteiger partial charge on any atom is 0.254 e. The van der Waals surface area contributed by atoms with E-state index in [0.29, 0.717) is 31.6 Å². The van der Waals surface area contributed by atoms with Gasteiger partial charge in [-0.3, -0.25) is 9.59 Å². The number of hydrogen-bond acceptors (Lipinski definition) is 5. The van der Waals surface area contributed by atoms with E-state index in [1.165, 1.54) is 13.3 Å². The largest absolute Gasteiger partial charge is 0.493 e. The van der Waals surface area contributed by atoms with Crippen molar-refractivity contribution in [2.45, 2.75) is 19.4 Å². The lowest BCUT2D eigenvalue weighted by Gasteiger charge is -2.37. The van der Waals surface area contributed by atoms with Gasteiger partial charge in [-0.05, 0) is 70.4 Å². The first-order valence-corrected chi connectivity index (χ1v) is 12.5. The summed E-state index contributed by atoms with van der Waals surface area (Å²) in [7, 11) is 1.53. The van der Waals surface area contributed by atoms with Crippen molar-refractivity contribution in [3.05, 3.63) is 68.1 Å². The minimum absolute atomic E-state index is 0.131. The first kappa shape index (κ1) is 23.4. The summed E-state index contributed by atoms with van der Waals surface area (Å²) >= 11 is 15.7. The number of imide groups is 1. The van der Waals surface area contributed by atoms with Crippen LogP contribution in [0.4, 0.5) is 0 Å². The van der Waals surface area contributed by atoms with Gasteiger partial charge in [0.1, 0.15) is 6.61 Å². The van der Waals surface area contributed by atoms with Crippen molar-refractivity contribution in [2.24, 2.45) is 28.8 Å². The summed E-state index contributed by atoms with van der Waals surface area (Å²) in [4.78, 5) is 25.9. The molecular weight excluding hydrogens is 543 g/mol. The number of amides is 2. The Hall–Kier alpha value is -2.35. The van der Waals surface area contributed by atoms with Crippen molar-refractivity contribution in [1.82, 2.24) is 5.01 Å². The SMILES string of the molecule is COc1cc(/C=N\N2C(=O)[C@@H]3[C@H](C2=O)[C@H]2C=C[C@H]3CC2)cc(Br)c1OCc1ccc(Cl)cc1Cl. The Morgan fingerprint density at radius 3 is 2.35 bits per heavy atom. The van der Waals surface area contributed by atoms with E-state index in [4.69, 9.17) is 32.7 Å². The Labute approximate surface area is 215 Å². The number of carbonyl (C=O) groups is 2. The van der Waals surface area contributed by atoms with Crippen LogP contribution in [-0.4, -0.2) is 30.1 Å². The Morgan fingerprint density at radius 1 is 1.09 bits per heavy atom. The molecule has 2 bridgehead atoms. The number of fused-ring (bicyclic) bond motifs is 1. The molecule has 2 aromatic carbocycles. The summed E-state index contributed by atoms with van der Waals surface area (Å²) in [5.74, 6) is 0.226. The van der Waals surface area contributed by atoms with Crippen LogP contribution < -0.4 is 9.47 Å². The van der Waals surface area contributed by atoms with Crippen LogP contribution in [0.3, 0.4) is 0 Å². The van der Waals surface area contributed by atoms with E-state index in [-0.39, 0.29) is 42.1 Å². The zero-order chi connectivity index (χ0) is 24.0. The molecule has 176 valence electrons. The number of carbonyl (C=O) groups excluding carboxylic acids is 2. The highest BCUT2D eigenvalue weighted by molar-refractivity contribution is 9.10. The highest BCUT2D eigenvalue weighted by Gasteiger charge is 2.56. The molecule has 4 aliphatic rings. The second-order valence-electron chi connectivity index (χ2n) is 8.63. The number of allylic oxidation sites excluding steroid dienone is 2. The second-order valence-corrected chi connectivity index (χ2v) is 10.3. The van der Waals surface area contributed by atoms with Gasteiger partial charge in [0.2, 0.25) is 0 Å². The lowest BCUT2D eigenvalue weighted by atomic mass is 9.63. The average Bonchev–Trinajstić information content (AvgIpc) is 3.10. The van der Waals surface area contributed by atoms with Gasteiger partial charge < -0.3 is 9.47 Å². The molecule has 0 unspecified atom stereocenters. The van der Waals surface area contributed by atoms with E-state index < -0.39 is 0 Å². The first-order chi connectivity index (χ1) is 16.4. The second kappa shape index (κ2) is 9.36. The molecule has 0 radical (unpaired) electrons. The van der Waals surface area contributed by atoms with Crippen LogP contribution in [0.1, 0.15) is 24.0 Å². The predicted octanol–water partition coefficient (Wildman–Crippen LogP) is 5.87. The lowest BCUT2D eigenvalue weighted by molar-refractivity contribution is -0.140. The number of benzene rings is 2. The summed E-state index contributed by atoms with van der Waals surface area (Å²) < 4.78 is 12.1. The third-order valence-electron chi connectivity index (χ3n) is 6.70. The Balaban J connectivity index is 1.34. The van der Waals surface area contributed by atoms with Gasteiger partial charge in [0.15, 0.2) is 11.5 Å². The minimum Gasteiger partial charge on any atom is -0.493 e. The third-order valence-corrected chi connectivity index (χ3v) is 7.87. The van der Waals surface area contributed by atoms with E-state index in [1.54, 1.807) is 30.3 Å². The molecule has 34 heavy (non-hydrogen) atoms. The van der Waals surface area contributed by atoms with Crippen molar-refractivity contribution in [2.75, 3.05) is 7.11 Å². The van der Waals surface area contributed by atoms with Gasteiger partial charge in [-0.1, -0.05) is 41.4 Å². The van der Waals surface area contributed by atoms with Gasteiger partial charge in [0.05, 0.1) is 29.6 Å². The summed E-state index contributed by atoms with van der Waals surface area (Å²) in [6.07, 6.45) is 7.57. The number of rotatable bonds is 6. The molecule has 4 atom stereocenters. The molecule has 1 heterocycles. The van der Waals surface area contributed by atoms with E-state index in [9.17, 15) is 9.59 Å². The number of nitrogens with zero attached hydrogens (tertiary/aromatic N) is 2. The molecule has 3 aliphatic carbocycles. The third kappa shape index (κ3) is 4.14.